The van der Waals surface area contributed by atoms with Gasteiger partial charge in [-0.2, -0.15) is 11.8 Å². The van der Waals surface area contributed by atoms with E-state index in [9.17, 15) is 0 Å². The van der Waals surface area contributed by atoms with Crippen LogP contribution in [0.25, 0.3) is 0 Å². The van der Waals surface area contributed by atoms with Gasteiger partial charge in [0, 0.05) is 23.5 Å². The molecule has 1 saturated heterocycles. The average Bonchev–Trinajstić information content (AvgIpc) is 2.97. The molecule has 0 amide bonds. The molecule has 0 radical (unpaired) electrons. The van der Waals surface area contributed by atoms with Crippen molar-refractivity contribution >= 4 is 11.8 Å². The summed E-state index contributed by atoms with van der Waals surface area (Å²) >= 11 is 2.02. The molecule has 0 aromatic carbocycles. The molecular formula is C17H27N3S. The summed E-state index contributed by atoms with van der Waals surface area (Å²) in [5.41, 5.74) is 2.96. The first-order valence-corrected chi connectivity index (χ1v) is 9.34. The normalized spacial score (nSPS) is 27.6. The van der Waals surface area contributed by atoms with Gasteiger partial charge in [0.15, 0.2) is 0 Å². The van der Waals surface area contributed by atoms with E-state index in [1.807, 2.05) is 11.8 Å². The molecule has 1 aliphatic heterocycles. The predicted molar refractivity (Wildman–Crippen MR) is 89.6 cm³/mol. The second kappa shape index (κ2) is 6.25. The maximum Gasteiger partial charge on any atom is 0.141 e. The van der Waals surface area contributed by atoms with Crippen molar-refractivity contribution in [1.82, 2.24) is 15.3 Å². The molecule has 2 atom stereocenters. The molecule has 1 aromatic rings. The van der Waals surface area contributed by atoms with Crippen LogP contribution in [-0.4, -0.2) is 22.3 Å². The standard InChI is InChI=1S/C17H27N3S/c1-4-7-18-13-9-17(2,3)10-14-12(13)11-19-16(20-14)15-6-5-8-21-15/h11,13,15,18H,4-10H2,1-3H3. The second-order valence-electron chi connectivity index (χ2n) is 7.18. The van der Waals surface area contributed by atoms with Crippen LogP contribution >= 0.6 is 11.8 Å². The topological polar surface area (TPSA) is 37.8 Å². The molecule has 3 rings (SSSR count). The first-order valence-electron chi connectivity index (χ1n) is 8.30. The van der Waals surface area contributed by atoms with Crippen molar-refractivity contribution in [3.63, 3.8) is 0 Å². The third kappa shape index (κ3) is 3.42. The lowest BCUT2D eigenvalue weighted by atomic mass is 9.74. The van der Waals surface area contributed by atoms with Crippen molar-refractivity contribution in [2.45, 2.75) is 64.2 Å². The van der Waals surface area contributed by atoms with Crippen molar-refractivity contribution < 1.29 is 0 Å². The van der Waals surface area contributed by atoms with Gasteiger partial charge in [-0.3, -0.25) is 0 Å². The van der Waals surface area contributed by atoms with E-state index in [0.29, 0.717) is 16.7 Å². The van der Waals surface area contributed by atoms with Gasteiger partial charge in [-0.1, -0.05) is 20.8 Å². The zero-order chi connectivity index (χ0) is 14.9. The molecule has 21 heavy (non-hydrogen) atoms. The number of thioether (sulfide) groups is 1. The summed E-state index contributed by atoms with van der Waals surface area (Å²) in [6.07, 6.45) is 8.09. The Labute approximate surface area is 132 Å². The molecule has 116 valence electrons. The molecule has 2 heterocycles. The molecule has 1 N–H and O–H groups in total. The lowest BCUT2D eigenvalue weighted by Crippen LogP contribution is -2.34. The number of nitrogens with zero attached hydrogens (tertiary/aromatic N) is 2. The van der Waals surface area contributed by atoms with E-state index in [2.05, 4.69) is 32.3 Å². The molecule has 0 spiro atoms. The van der Waals surface area contributed by atoms with Crippen molar-refractivity contribution in [2.75, 3.05) is 12.3 Å². The van der Waals surface area contributed by atoms with Gasteiger partial charge < -0.3 is 5.32 Å². The average molecular weight is 305 g/mol. The first kappa shape index (κ1) is 15.3. The summed E-state index contributed by atoms with van der Waals surface area (Å²) in [6.45, 7) is 8.02. The van der Waals surface area contributed by atoms with Crippen LogP contribution in [0.1, 0.15) is 74.8 Å². The van der Waals surface area contributed by atoms with Gasteiger partial charge in [-0.05, 0) is 49.8 Å². The fourth-order valence-electron chi connectivity index (χ4n) is 3.50. The summed E-state index contributed by atoms with van der Waals surface area (Å²) in [5.74, 6) is 2.33. The van der Waals surface area contributed by atoms with Gasteiger partial charge in [0.1, 0.15) is 5.82 Å². The zero-order valence-corrected chi connectivity index (χ0v) is 14.3. The molecule has 2 unspecified atom stereocenters. The van der Waals surface area contributed by atoms with Crippen molar-refractivity contribution in [1.29, 1.82) is 0 Å². The fraction of sp³-hybridized carbons (Fsp3) is 0.765. The smallest absolute Gasteiger partial charge is 0.141 e. The van der Waals surface area contributed by atoms with E-state index in [0.717, 1.165) is 18.8 Å². The third-order valence-corrected chi connectivity index (χ3v) is 5.93. The van der Waals surface area contributed by atoms with Crippen molar-refractivity contribution in [2.24, 2.45) is 5.41 Å². The summed E-state index contributed by atoms with van der Waals surface area (Å²) in [7, 11) is 0. The van der Waals surface area contributed by atoms with Gasteiger partial charge in [0.2, 0.25) is 0 Å². The van der Waals surface area contributed by atoms with E-state index in [4.69, 9.17) is 9.97 Å². The molecule has 1 fully saturated rings. The molecule has 4 heteroatoms. The third-order valence-electron chi connectivity index (χ3n) is 4.56. The van der Waals surface area contributed by atoms with Gasteiger partial charge in [0.05, 0.1) is 5.25 Å². The summed E-state index contributed by atoms with van der Waals surface area (Å²) in [4.78, 5) is 9.69. The van der Waals surface area contributed by atoms with Crippen molar-refractivity contribution in [3.05, 3.63) is 23.3 Å². The number of hydrogen-bond acceptors (Lipinski definition) is 4. The van der Waals surface area contributed by atoms with Crippen LogP contribution in [0.5, 0.6) is 0 Å². The minimum absolute atomic E-state index is 0.326. The van der Waals surface area contributed by atoms with E-state index in [-0.39, 0.29) is 0 Å². The van der Waals surface area contributed by atoms with Crippen LogP contribution in [0.2, 0.25) is 0 Å². The molecule has 3 nitrogen and oxygen atoms in total. The number of nitrogens with one attached hydrogen (secondary N) is 1. The molecule has 1 aliphatic carbocycles. The first-order chi connectivity index (χ1) is 10.1. The summed E-state index contributed by atoms with van der Waals surface area (Å²) in [5, 5.41) is 4.22. The Morgan fingerprint density at radius 1 is 1.43 bits per heavy atom. The number of aromatic nitrogens is 2. The van der Waals surface area contributed by atoms with E-state index < -0.39 is 0 Å². The monoisotopic (exact) mass is 305 g/mol. The molecular weight excluding hydrogens is 278 g/mol. The van der Waals surface area contributed by atoms with Gasteiger partial charge in [-0.25, -0.2) is 9.97 Å². The van der Waals surface area contributed by atoms with Crippen LogP contribution in [0.4, 0.5) is 0 Å². The van der Waals surface area contributed by atoms with Crippen molar-refractivity contribution in [3.8, 4) is 0 Å². The van der Waals surface area contributed by atoms with Crippen LogP contribution < -0.4 is 5.32 Å². The van der Waals surface area contributed by atoms with E-state index in [1.54, 1.807) is 0 Å². The second-order valence-corrected chi connectivity index (χ2v) is 8.49. The highest BCUT2D eigenvalue weighted by Crippen LogP contribution is 2.42. The highest BCUT2D eigenvalue weighted by molar-refractivity contribution is 7.99. The van der Waals surface area contributed by atoms with Gasteiger partial charge in [-0.15, -0.1) is 0 Å². The van der Waals surface area contributed by atoms with Crippen LogP contribution in [0.15, 0.2) is 6.20 Å². The summed E-state index contributed by atoms with van der Waals surface area (Å²) < 4.78 is 0. The molecule has 1 aromatic heterocycles. The van der Waals surface area contributed by atoms with Crippen LogP contribution in [-0.2, 0) is 6.42 Å². The summed E-state index contributed by atoms with van der Waals surface area (Å²) in [6, 6.07) is 0.425. The van der Waals surface area contributed by atoms with E-state index >= 15 is 0 Å². The Kier molecular flexibility index (Phi) is 4.55. The zero-order valence-electron chi connectivity index (χ0n) is 13.5. The van der Waals surface area contributed by atoms with E-state index in [1.165, 1.54) is 42.7 Å². The van der Waals surface area contributed by atoms with Gasteiger partial charge in [0.25, 0.3) is 0 Å². The minimum Gasteiger partial charge on any atom is -0.310 e. The highest BCUT2D eigenvalue weighted by Gasteiger charge is 2.34. The Morgan fingerprint density at radius 3 is 3.00 bits per heavy atom. The molecule has 2 aliphatic rings. The molecule has 0 saturated carbocycles. The Morgan fingerprint density at radius 2 is 2.29 bits per heavy atom. The number of hydrogen-bond donors (Lipinski definition) is 1. The molecule has 0 bridgehead atoms. The maximum absolute atomic E-state index is 4.98. The maximum atomic E-state index is 4.98. The number of rotatable bonds is 4. The Bertz CT molecular complexity index is 495. The van der Waals surface area contributed by atoms with Crippen LogP contribution in [0, 0.1) is 5.41 Å². The highest BCUT2D eigenvalue weighted by atomic mass is 32.2. The van der Waals surface area contributed by atoms with Crippen LogP contribution in [0.3, 0.4) is 0 Å². The number of fused-ring (bicyclic) bond motifs is 1. The predicted octanol–water partition coefficient (Wildman–Crippen LogP) is 4.06. The largest absolute Gasteiger partial charge is 0.310 e. The lowest BCUT2D eigenvalue weighted by Gasteiger charge is -2.36. The van der Waals surface area contributed by atoms with Gasteiger partial charge >= 0.3 is 0 Å². The quantitative estimate of drug-likeness (QED) is 0.910. The SMILES string of the molecule is CCCNC1CC(C)(C)Cc2nc(C3CCCS3)ncc21. The Balaban J connectivity index is 1.88. The lowest BCUT2D eigenvalue weighted by molar-refractivity contribution is 0.253. The minimum atomic E-state index is 0.326. The fourth-order valence-corrected chi connectivity index (χ4v) is 4.71. The Hall–Kier alpha value is -0.610.